The van der Waals surface area contributed by atoms with Crippen LogP contribution in [0.3, 0.4) is 0 Å². The lowest BCUT2D eigenvalue weighted by atomic mass is 10.0. The van der Waals surface area contributed by atoms with E-state index in [9.17, 15) is 9.90 Å². The maximum atomic E-state index is 11.8. The van der Waals surface area contributed by atoms with E-state index in [2.05, 4.69) is 17.2 Å². The van der Waals surface area contributed by atoms with Crippen molar-refractivity contribution < 1.29 is 14.3 Å². The fraction of sp³-hybridized carbons (Fsp3) is 0.562. The van der Waals surface area contributed by atoms with Crippen LogP contribution in [0.5, 0.6) is 0 Å². The Morgan fingerprint density at radius 2 is 2.29 bits per heavy atom. The van der Waals surface area contributed by atoms with Crippen molar-refractivity contribution in [2.75, 3.05) is 6.54 Å². The van der Waals surface area contributed by atoms with E-state index < -0.39 is 5.60 Å². The molecule has 5 heteroatoms. The zero-order chi connectivity index (χ0) is 15.9. The van der Waals surface area contributed by atoms with Crippen LogP contribution in [-0.4, -0.2) is 23.7 Å². The molecule has 1 aromatic heterocycles. The van der Waals surface area contributed by atoms with Crippen molar-refractivity contribution in [1.29, 1.82) is 0 Å². The number of unbranched alkanes of at least 4 members (excludes halogenated alkanes) is 1. The van der Waals surface area contributed by atoms with Crippen molar-refractivity contribution in [2.45, 2.75) is 51.7 Å². The molecule has 0 radical (unpaired) electrons. The molecule has 0 saturated heterocycles. The predicted molar refractivity (Wildman–Crippen MR) is 83.1 cm³/mol. The van der Waals surface area contributed by atoms with Gasteiger partial charge in [-0.05, 0) is 52.2 Å². The first-order valence-corrected chi connectivity index (χ1v) is 7.29. The maximum absolute atomic E-state index is 11.8. The maximum Gasteiger partial charge on any atom is 0.315 e. The van der Waals surface area contributed by atoms with E-state index in [0.717, 1.165) is 25.0 Å². The molecule has 3 N–H and O–H groups in total. The third-order valence-corrected chi connectivity index (χ3v) is 3.29. The molecule has 1 aromatic rings. The number of carbonyl (C=O) groups is 1. The molecule has 1 rings (SSSR count). The zero-order valence-corrected chi connectivity index (χ0v) is 13.1. The van der Waals surface area contributed by atoms with Crippen molar-refractivity contribution in [1.82, 2.24) is 10.6 Å². The Morgan fingerprint density at radius 3 is 2.86 bits per heavy atom. The number of nitrogens with one attached hydrogen (secondary N) is 2. The third-order valence-electron chi connectivity index (χ3n) is 3.29. The van der Waals surface area contributed by atoms with Gasteiger partial charge in [-0.2, -0.15) is 0 Å². The summed E-state index contributed by atoms with van der Waals surface area (Å²) in [5.41, 5.74) is -1.22. The van der Waals surface area contributed by atoms with Crippen molar-refractivity contribution in [3.05, 3.63) is 36.3 Å². The summed E-state index contributed by atoms with van der Waals surface area (Å²) >= 11 is 0. The van der Waals surface area contributed by atoms with Crippen molar-refractivity contribution in [3.63, 3.8) is 0 Å². The third kappa shape index (κ3) is 6.04. The van der Waals surface area contributed by atoms with Crippen molar-refractivity contribution in [2.24, 2.45) is 0 Å². The van der Waals surface area contributed by atoms with Gasteiger partial charge in [0, 0.05) is 6.04 Å². The molecular weight excluding hydrogens is 268 g/mol. The standard InChI is InChI=1S/C16H26N2O3/c1-5-6-7-8-12(2)18-15(19)17-11-16(4,20)14-10-9-13(3)21-14/h5,9-10,12,20H,1,6-8,11H2,2-4H3,(H2,17,18,19). The second kappa shape index (κ2) is 7.88. The Hall–Kier alpha value is -1.75. The molecule has 0 aliphatic rings. The molecule has 118 valence electrons. The first-order chi connectivity index (χ1) is 9.85. The molecule has 0 spiro atoms. The van der Waals surface area contributed by atoms with Gasteiger partial charge >= 0.3 is 6.03 Å². The highest BCUT2D eigenvalue weighted by molar-refractivity contribution is 5.74. The van der Waals surface area contributed by atoms with Crippen molar-refractivity contribution in [3.8, 4) is 0 Å². The highest BCUT2D eigenvalue weighted by Crippen LogP contribution is 2.21. The number of hydrogen-bond acceptors (Lipinski definition) is 3. The van der Waals surface area contributed by atoms with Gasteiger partial charge in [-0.1, -0.05) is 6.08 Å². The quantitative estimate of drug-likeness (QED) is 0.510. The van der Waals surface area contributed by atoms with Gasteiger partial charge in [0.25, 0.3) is 0 Å². The minimum absolute atomic E-state index is 0.0840. The SMILES string of the molecule is C=CCCCC(C)NC(=O)NCC(C)(O)c1ccc(C)o1. The zero-order valence-electron chi connectivity index (χ0n) is 13.1. The average Bonchev–Trinajstić information content (AvgIpc) is 2.84. The van der Waals surface area contributed by atoms with E-state index in [1.807, 2.05) is 19.9 Å². The monoisotopic (exact) mass is 294 g/mol. The molecule has 2 unspecified atom stereocenters. The number of aryl methyl sites for hydroxylation is 1. The second-order valence-corrected chi connectivity index (χ2v) is 5.63. The molecular formula is C16H26N2O3. The van der Waals surface area contributed by atoms with Crippen molar-refractivity contribution >= 4 is 6.03 Å². The summed E-state index contributed by atoms with van der Waals surface area (Å²) in [7, 11) is 0. The van der Waals surface area contributed by atoms with E-state index in [1.54, 1.807) is 19.1 Å². The minimum atomic E-state index is -1.22. The summed E-state index contributed by atoms with van der Waals surface area (Å²) < 4.78 is 5.40. The summed E-state index contributed by atoms with van der Waals surface area (Å²) in [6, 6.07) is 3.30. The molecule has 0 aromatic carbocycles. The molecule has 0 bridgehead atoms. The first-order valence-electron chi connectivity index (χ1n) is 7.29. The Balaban J connectivity index is 2.36. The second-order valence-electron chi connectivity index (χ2n) is 5.63. The minimum Gasteiger partial charge on any atom is -0.463 e. The number of amides is 2. The molecule has 1 heterocycles. The topological polar surface area (TPSA) is 74.5 Å². The van der Waals surface area contributed by atoms with E-state index in [1.165, 1.54) is 0 Å². The van der Waals surface area contributed by atoms with Gasteiger partial charge in [0.15, 0.2) is 0 Å². The highest BCUT2D eigenvalue weighted by atomic mass is 16.4. The number of carbonyl (C=O) groups excluding carboxylic acids is 1. The van der Waals surface area contributed by atoms with Crippen LogP contribution in [0.4, 0.5) is 4.79 Å². The van der Waals surface area contributed by atoms with E-state index in [0.29, 0.717) is 5.76 Å². The fourth-order valence-corrected chi connectivity index (χ4v) is 1.98. The molecule has 0 aliphatic carbocycles. The molecule has 21 heavy (non-hydrogen) atoms. The Morgan fingerprint density at radius 1 is 1.57 bits per heavy atom. The van der Waals surface area contributed by atoms with Crippen LogP contribution >= 0.6 is 0 Å². The van der Waals surface area contributed by atoms with Gasteiger partial charge in [-0.25, -0.2) is 4.79 Å². The largest absolute Gasteiger partial charge is 0.463 e. The highest BCUT2D eigenvalue weighted by Gasteiger charge is 2.27. The number of allylic oxidation sites excluding steroid dienone is 1. The van der Waals surface area contributed by atoms with Gasteiger partial charge < -0.3 is 20.2 Å². The van der Waals surface area contributed by atoms with Crippen LogP contribution in [0.25, 0.3) is 0 Å². The van der Waals surface area contributed by atoms with Gasteiger partial charge in [0.05, 0.1) is 6.54 Å². The lowest BCUT2D eigenvalue weighted by Gasteiger charge is -2.22. The number of hydrogen-bond donors (Lipinski definition) is 3. The van der Waals surface area contributed by atoms with E-state index in [-0.39, 0.29) is 18.6 Å². The summed E-state index contributed by atoms with van der Waals surface area (Å²) in [6.45, 7) is 9.13. The summed E-state index contributed by atoms with van der Waals surface area (Å²) in [5, 5.41) is 15.8. The summed E-state index contributed by atoms with van der Waals surface area (Å²) in [6.07, 6.45) is 4.71. The Kier molecular flexibility index (Phi) is 6.49. The van der Waals surface area contributed by atoms with Gasteiger partial charge in [0.1, 0.15) is 17.1 Å². The van der Waals surface area contributed by atoms with Crippen LogP contribution in [0, 0.1) is 6.92 Å². The average molecular weight is 294 g/mol. The number of furan rings is 1. The predicted octanol–water partition coefficient (Wildman–Crippen LogP) is 2.84. The molecule has 0 fully saturated rings. The molecule has 5 nitrogen and oxygen atoms in total. The fourth-order valence-electron chi connectivity index (χ4n) is 1.98. The number of aliphatic hydroxyl groups is 1. The lowest BCUT2D eigenvalue weighted by molar-refractivity contribution is 0.0359. The van der Waals surface area contributed by atoms with E-state index in [4.69, 9.17) is 4.42 Å². The van der Waals surface area contributed by atoms with Gasteiger partial charge in [0.2, 0.25) is 0 Å². The molecule has 2 atom stereocenters. The Labute approximate surface area is 126 Å². The van der Waals surface area contributed by atoms with Gasteiger partial charge in [-0.15, -0.1) is 6.58 Å². The summed E-state index contributed by atoms with van der Waals surface area (Å²) in [5.74, 6) is 1.17. The number of urea groups is 1. The van der Waals surface area contributed by atoms with Crippen LogP contribution in [0.2, 0.25) is 0 Å². The normalized spacial score (nSPS) is 15.0. The van der Waals surface area contributed by atoms with Crippen LogP contribution in [0.15, 0.2) is 29.2 Å². The summed E-state index contributed by atoms with van der Waals surface area (Å²) in [4.78, 5) is 11.8. The van der Waals surface area contributed by atoms with Crippen LogP contribution in [-0.2, 0) is 5.60 Å². The van der Waals surface area contributed by atoms with Crippen LogP contribution < -0.4 is 10.6 Å². The molecule has 2 amide bonds. The molecule has 0 aliphatic heterocycles. The van der Waals surface area contributed by atoms with Gasteiger partial charge in [-0.3, -0.25) is 0 Å². The Bertz CT molecular complexity index is 466. The first kappa shape index (κ1) is 17.3. The van der Waals surface area contributed by atoms with E-state index >= 15 is 0 Å². The lowest BCUT2D eigenvalue weighted by Crippen LogP contribution is -2.46. The molecule has 0 saturated carbocycles. The smallest absolute Gasteiger partial charge is 0.315 e. The number of rotatable bonds is 8. The van der Waals surface area contributed by atoms with Crippen LogP contribution in [0.1, 0.15) is 44.6 Å².